The largest absolute Gasteiger partial charge is 0.0843 e. The minimum absolute atomic E-state index is 0.722. The molecular weight excluding hydrogens is 180 g/mol. The molecule has 2 aromatic rings. The van der Waals surface area contributed by atoms with Crippen molar-refractivity contribution in [3.63, 3.8) is 0 Å². The van der Waals surface area contributed by atoms with Gasteiger partial charge in [-0.15, -0.1) is 0 Å². The molecule has 0 saturated heterocycles. The molecule has 2 aromatic carbocycles. The summed E-state index contributed by atoms with van der Waals surface area (Å²) < 4.78 is 0. The zero-order chi connectivity index (χ0) is 9.10. The van der Waals surface area contributed by atoms with Crippen molar-refractivity contribution >= 4 is 11.6 Å². The van der Waals surface area contributed by atoms with Gasteiger partial charge in [-0.05, 0) is 29.3 Å². The highest BCUT2D eigenvalue weighted by atomic mass is 35.5. The number of halogens is 1. The van der Waals surface area contributed by atoms with Gasteiger partial charge in [0.1, 0.15) is 0 Å². The van der Waals surface area contributed by atoms with E-state index in [1.54, 1.807) is 6.07 Å². The van der Waals surface area contributed by atoms with E-state index in [1.807, 2.05) is 30.3 Å². The van der Waals surface area contributed by atoms with Crippen LogP contribution in [-0.4, -0.2) is 0 Å². The lowest BCUT2D eigenvalue weighted by Gasteiger charge is -1.99. The smallest absolute Gasteiger partial charge is 0.0412 e. The van der Waals surface area contributed by atoms with Crippen LogP contribution in [0.4, 0.5) is 0 Å². The topological polar surface area (TPSA) is 0 Å². The van der Waals surface area contributed by atoms with E-state index in [-0.39, 0.29) is 0 Å². The van der Waals surface area contributed by atoms with Crippen LogP contribution in [0.2, 0.25) is 5.02 Å². The van der Waals surface area contributed by atoms with Crippen LogP contribution in [0.3, 0.4) is 0 Å². The molecule has 0 aromatic heterocycles. The lowest BCUT2D eigenvalue weighted by molar-refractivity contribution is 1.61. The lowest BCUT2D eigenvalue weighted by Crippen LogP contribution is -1.75. The fourth-order valence-electron chi connectivity index (χ4n) is 1.20. The summed E-state index contributed by atoms with van der Waals surface area (Å²) in [6.45, 7) is 0. The van der Waals surface area contributed by atoms with Gasteiger partial charge in [0.05, 0.1) is 0 Å². The van der Waals surface area contributed by atoms with Gasteiger partial charge < -0.3 is 0 Å². The predicted octanol–water partition coefficient (Wildman–Crippen LogP) is 3.81. The van der Waals surface area contributed by atoms with E-state index in [2.05, 4.69) is 18.2 Å². The van der Waals surface area contributed by atoms with Gasteiger partial charge >= 0.3 is 0 Å². The van der Waals surface area contributed by atoms with Gasteiger partial charge in [-0.25, -0.2) is 0 Å². The van der Waals surface area contributed by atoms with Crippen molar-refractivity contribution in [3.8, 4) is 11.1 Å². The summed E-state index contributed by atoms with van der Waals surface area (Å²) in [5.41, 5.74) is 2.24. The van der Waals surface area contributed by atoms with Crippen molar-refractivity contribution in [1.82, 2.24) is 0 Å². The van der Waals surface area contributed by atoms with Crippen molar-refractivity contribution < 1.29 is 0 Å². The maximum Gasteiger partial charge on any atom is 0.0412 e. The normalized spacial score (nSPS) is 9.92. The van der Waals surface area contributed by atoms with Crippen molar-refractivity contribution in [2.24, 2.45) is 0 Å². The highest BCUT2D eigenvalue weighted by molar-refractivity contribution is 6.30. The van der Waals surface area contributed by atoms with Gasteiger partial charge in [0, 0.05) is 5.02 Å². The standard InChI is InChI=1S/C12H8Cl/c13-12-8-6-11(7-9-12)10-4-2-1-3-5-10/h1-6,8-9H. The molecule has 0 saturated carbocycles. The molecule has 1 radical (unpaired) electrons. The summed E-state index contributed by atoms with van der Waals surface area (Å²) in [7, 11) is 0. The van der Waals surface area contributed by atoms with Gasteiger partial charge in [0.2, 0.25) is 0 Å². The molecule has 0 heterocycles. The Hall–Kier alpha value is -1.27. The zero-order valence-electron chi connectivity index (χ0n) is 7.00. The summed E-state index contributed by atoms with van der Waals surface area (Å²) in [5, 5.41) is 0.722. The number of hydrogen-bond donors (Lipinski definition) is 0. The molecule has 0 nitrogen and oxygen atoms in total. The first-order valence-electron chi connectivity index (χ1n) is 4.09. The highest BCUT2D eigenvalue weighted by Gasteiger charge is 1.95. The van der Waals surface area contributed by atoms with Gasteiger partial charge in [0.15, 0.2) is 0 Å². The number of rotatable bonds is 1. The molecule has 0 amide bonds. The molecule has 0 fully saturated rings. The van der Waals surface area contributed by atoms with Crippen LogP contribution < -0.4 is 0 Å². The molecule has 13 heavy (non-hydrogen) atoms. The van der Waals surface area contributed by atoms with E-state index in [0.29, 0.717) is 0 Å². The van der Waals surface area contributed by atoms with Crippen molar-refractivity contribution in [3.05, 3.63) is 59.6 Å². The Kier molecular flexibility index (Phi) is 2.33. The second kappa shape index (κ2) is 3.63. The molecule has 2 rings (SSSR count). The molecule has 0 aliphatic heterocycles. The van der Waals surface area contributed by atoms with E-state index in [9.17, 15) is 0 Å². The molecule has 0 atom stereocenters. The summed E-state index contributed by atoms with van der Waals surface area (Å²) in [6.07, 6.45) is 0. The first-order chi connectivity index (χ1) is 6.36. The van der Waals surface area contributed by atoms with E-state index in [0.717, 1.165) is 10.6 Å². The molecule has 0 aliphatic rings. The van der Waals surface area contributed by atoms with Crippen LogP contribution in [0.15, 0.2) is 48.5 Å². The Labute approximate surface area is 82.8 Å². The highest BCUT2D eigenvalue weighted by Crippen LogP contribution is 2.19. The van der Waals surface area contributed by atoms with Crippen LogP contribution in [0, 0.1) is 6.07 Å². The van der Waals surface area contributed by atoms with Crippen LogP contribution >= 0.6 is 11.6 Å². The molecule has 0 spiro atoms. The van der Waals surface area contributed by atoms with Gasteiger partial charge in [-0.2, -0.15) is 0 Å². The first kappa shape index (κ1) is 8.33. The molecule has 1 heteroatoms. The zero-order valence-corrected chi connectivity index (χ0v) is 7.75. The van der Waals surface area contributed by atoms with Crippen molar-refractivity contribution in [1.29, 1.82) is 0 Å². The third kappa shape index (κ3) is 1.90. The quantitative estimate of drug-likeness (QED) is 0.637. The Morgan fingerprint density at radius 1 is 0.923 bits per heavy atom. The van der Waals surface area contributed by atoms with E-state index in [4.69, 9.17) is 11.6 Å². The minimum atomic E-state index is 0.722. The van der Waals surface area contributed by atoms with Crippen molar-refractivity contribution in [2.75, 3.05) is 0 Å². The summed E-state index contributed by atoms with van der Waals surface area (Å²) >= 11 is 5.77. The molecule has 63 valence electrons. The van der Waals surface area contributed by atoms with Crippen LogP contribution in [-0.2, 0) is 0 Å². The Balaban J connectivity index is 2.42. The van der Waals surface area contributed by atoms with Crippen LogP contribution in [0.5, 0.6) is 0 Å². The average molecular weight is 188 g/mol. The Bertz CT molecular complexity index is 376. The molecule has 0 bridgehead atoms. The van der Waals surface area contributed by atoms with Crippen molar-refractivity contribution in [2.45, 2.75) is 0 Å². The fourth-order valence-corrected chi connectivity index (χ4v) is 1.32. The van der Waals surface area contributed by atoms with E-state index < -0.39 is 0 Å². The SMILES string of the molecule is Clc1c[c]c(-c2ccccc2)cc1. The van der Waals surface area contributed by atoms with Gasteiger partial charge in [-0.3, -0.25) is 0 Å². The van der Waals surface area contributed by atoms with E-state index >= 15 is 0 Å². The van der Waals surface area contributed by atoms with Crippen LogP contribution in [0.25, 0.3) is 11.1 Å². The molecular formula is C12H8Cl. The van der Waals surface area contributed by atoms with Gasteiger partial charge in [0.25, 0.3) is 0 Å². The number of hydrogen-bond acceptors (Lipinski definition) is 0. The monoisotopic (exact) mass is 187 g/mol. The maximum atomic E-state index is 5.77. The second-order valence-corrected chi connectivity index (χ2v) is 3.22. The van der Waals surface area contributed by atoms with E-state index in [1.165, 1.54) is 5.56 Å². The fraction of sp³-hybridized carbons (Fsp3) is 0. The molecule has 0 aliphatic carbocycles. The Morgan fingerprint density at radius 2 is 1.69 bits per heavy atom. The van der Waals surface area contributed by atoms with Gasteiger partial charge in [-0.1, -0.05) is 48.0 Å². The minimum Gasteiger partial charge on any atom is -0.0843 e. The molecule has 0 N–H and O–H groups in total. The third-order valence-corrected chi connectivity index (χ3v) is 2.09. The summed E-state index contributed by atoms with van der Waals surface area (Å²) in [4.78, 5) is 0. The predicted molar refractivity (Wildman–Crippen MR) is 55.7 cm³/mol. The van der Waals surface area contributed by atoms with Crippen LogP contribution in [0.1, 0.15) is 0 Å². The molecule has 0 unspecified atom stereocenters. The third-order valence-electron chi connectivity index (χ3n) is 1.86. The lowest BCUT2D eigenvalue weighted by atomic mass is 10.1. The Morgan fingerprint density at radius 3 is 2.31 bits per heavy atom. The first-order valence-corrected chi connectivity index (χ1v) is 4.47. The maximum absolute atomic E-state index is 5.77. The summed E-state index contributed by atoms with van der Waals surface area (Å²) in [6, 6.07) is 18.9. The average Bonchev–Trinajstić information content (AvgIpc) is 2.20. The number of benzene rings is 2. The second-order valence-electron chi connectivity index (χ2n) is 2.79. The summed E-state index contributed by atoms with van der Waals surface area (Å²) in [5.74, 6) is 0.